The third kappa shape index (κ3) is 4.18. The lowest BCUT2D eigenvalue weighted by atomic mass is 9.95. The van der Waals surface area contributed by atoms with E-state index in [4.69, 9.17) is 9.47 Å². The molecule has 106 valence electrons. The first kappa shape index (κ1) is 14.3. The van der Waals surface area contributed by atoms with Gasteiger partial charge in [-0.3, -0.25) is 0 Å². The van der Waals surface area contributed by atoms with Gasteiger partial charge in [0.05, 0.1) is 6.10 Å². The van der Waals surface area contributed by atoms with Crippen molar-refractivity contribution in [1.82, 2.24) is 10.3 Å². The number of rotatable bonds is 5. The Hall–Kier alpha value is -1.13. The number of nitrogens with one attached hydrogen (secondary N) is 1. The Kier molecular flexibility index (Phi) is 5.16. The zero-order chi connectivity index (χ0) is 13.7. The largest absolute Gasteiger partial charge is 0.474 e. The summed E-state index contributed by atoms with van der Waals surface area (Å²) in [6.07, 6.45) is 4.93. The number of hydrogen-bond donors (Lipinski definition) is 1. The molecular weight excluding hydrogens is 240 g/mol. The van der Waals surface area contributed by atoms with Crippen molar-refractivity contribution < 1.29 is 9.47 Å². The topological polar surface area (TPSA) is 43.4 Å². The SMILES string of the molecule is CNCc1cc(C)nc(OC2CCCC(OC)C2)c1. The lowest BCUT2D eigenvalue weighted by molar-refractivity contribution is 0.0194. The van der Waals surface area contributed by atoms with E-state index in [0.717, 1.165) is 37.4 Å². The molecule has 2 rings (SSSR count). The van der Waals surface area contributed by atoms with Gasteiger partial charge in [0.1, 0.15) is 6.10 Å². The van der Waals surface area contributed by atoms with E-state index in [1.165, 1.54) is 12.0 Å². The van der Waals surface area contributed by atoms with E-state index < -0.39 is 0 Å². The van der Waals surface area contributed by atoms with Gasteiger partial charge < -0.3 is 14.8 Å². The Bertz CT molecular complexity index is 409. The van der Waals surface area contributed by atoms with Gasteiger partial charge in [-0.25, -0.2) is 4.98 Å². The fraction of sp³-hybridized carbons (Fsp3) is 0.667. The van der Waals surface area contributed by atoms with Crippen LogP contribution in [0.4, 0.5) is 0 Å². The number of aryl methyl sites for hydroxylation is 1. The number of nitrogens with zero attached hydrogens (tertiary/aromatic N) is 1. The van der Waals surface area contributed by atoms with Crippen molar-refractivity contribution in [3.8, 4) is 5.88 Å². The maximum atomic E-state index is 6.04. The van der Waals surface area contributed by atoms with Gasteiger partial charge in [-0.2, -0.15) is 0 Å². The van der Waals surface area contributed by atoms with Crippen LogP contribution in [-0.2, 0) is 11.3 Å². The highest BCUT2D eigenvalue weighted by Gasteiger charge is 2.23. The van der Waals surface area contributed by atoms with Crippen molar-refractivity contribution >= 4 is 0 Å². The van der Waals surface area contributed by atoms with Gasteiger partial charge in [0.25, 0.3) is 0 Å². The molecule has 19 heavy (non-hydrogen) atoms. The normalized spacial score (nSPS) is 23.3. The Morgan fingerprint density at radius 2 is 2.11 bits per heavy atom. The molecule has 0 saturated heterocycles. The highest BCUT2D eigenvalue weighted by molar-refractivity contribution is 5.24. The molecule has 2 atom stereocenters. The smallest absolute Gasteiger partial charge is 0.214 e. The molecule has 0 radical (unpaired) electrons. The van der Waals surface area contributed by atoms with Gasteiger partial charge in [-0.1, -0.05) is 0 Å². The fourth-order valence-corrected chi connectivity index (χ4v) is 2.67. The number of pyridine rings is 1. The van der Waals surface area contributed by atoms with Gasteiger partial charge in [-0.05, 0) is 44.9 Å². The van der Waals surface area contributed by atoms with Crippen LogP contribution in [0.25, 0.3) is 0 Å². The first-order valence-electron chi connectivity index (χ1n) is 7.03. The minimum atomic E-state index is 0.232. The van der Waals surface area contributed by atoms with Crippen LogP contribution in [0.15, 0.2) is 12.1 Å². The maximum absolute atomic E-state index is 6.04. The molecule has 1 N–H and O–H groups in total. The molecule has 1 saturated carbocycles. The van der Waals surface area contributed by atoms with Gasteiger partial charge in [0.2, 0.25) is 5.88 Å². The van der Waals surface area contributed by atoms with Crippen molar-refractivity contribution in [3.05, 3.63) is 23.4 Å². The molecule has 1 fully saturated rings. The van der Waals surface area contributed by atoms with Crippen molar-refractivity contribution in [2.45, 2.75) is 51.4 Å². The average molecular weight is 264 g/mol. The van der Waals surface area contributed by atoms with Crippen LogP contribution in [0.2, 0.25) is 0 Å². The van der Waals surface area contributed by atoms with Gasteiger partial charge >= 0.3 is 0 Å². The average Bonchev–Trinajstić information content (AvgIpc) is 2.38. The van der Waals surface area contributed by atoms with Gasteiger partial charge in [0.15, 0.2) is 0 Å². The standard InChI is InChI=1S/C15H24N2O2/c1-11-7-12(10-16-2)8-15(17-11)19-14-6-4-5-13(9-14)18-3/h7-8,13-14,16H,4-6,9-10H2,1-3H3. The summed E-state index contributed by atoms with van der Waals surface area (Å²) in [5.41, 5.74) is 2.21. The highest BCUT2D eigenvalue weighted by Crippen LogP contribution is 2.25. The fourth-order valence-electron chi connectivity index (χ4n) is 2.67. The van der Waals surface area contributed by atoms with Crippen LogP contribution >= 0.6 is 0 Å². The lowest BCUT2D eigenvalue weighted by Crippen LogP contribution is -2.29. The quantitative estimate of drug-likeness (QED) is 0.887. The highest BCUT2D eigenvalue weighted by atomic mass is 16.5. The number of methoxy groups -OCH3 is 1. The van der Waals surface area contributed by atoms with E-state index in [2.05, 4.69) is 16.4 Å². The van der Waals surface area contributed by atoms with Crippen LogP contribution in [0.3, 0.4) is 0 Å². The first-order chi connectivity index (χ1) is 9.21. The summed E-state index contributed by atoms with van der Waals surface area (Å²) < 4.78 is 11.5. The molecule has 2 unspecified atom stereocenters. The molecule has 0 bridgehead atoms. The van der Waals surface area contributed by atoms with E-state index in [-0.39, 0.29) is 6.10 Å². The molecule has 1 aromatic heterocycles. The summed E-state index contributed by atoms with van der Waals surface area (Å²) in [4.78, 5) is 4.47. The Balaban J connectivity index is 2.01. The number of hydrogen-bond acceptors (Lipinski definition) is 4. The summed E-state index contributed by atoms with van der Waals surface area (Å²) in [5, 5.41) is 3.15. The van der Waals surface area contributed by atoms with Crippen LogP contribution in [0, 0.1) is 6.92 Å². The second kappa shape index (κ2) is 6.87. The second-order valence-corrected chi connectivity index (χ2v) is 5.25. The first-order valence-corrected chi connectivity index (χ1v) is 7.03. The molecule has 4 heteroatoms. The Labute approximate surface area is 115 Å². The molecule has 1 aromatic rings. The van der Waals surface area contributed by atoms with Crippen LogP contribution in [0.5, 0.6) is 5.88 Å². The Morgan fingerprint density at radius 1 is 1.32 bits per heavy atom. The van der Waals surface area contributed by atoms with Crippen molar-refractivity contribution in [2.24, 2.45) is 0 Å². The number of aromatic nitrogens is 1. The molecule has 1 aliphatic rings. The second-order valence-electron chi connectivity index (χ2n) is 5.25. The minimum Gasteiger partial charge on any atom is -0.474 e. The molecule has 0 amide bonds. The summed E-state index contributed by atoms with van der Waals surface area (Å²) >= 11 is 0. The van der Waals surface area contributed by atoms with Gasteiger partial charge in [-0.15, -0.1) is 0 Å². The summed E-state index contributed by atoms with van der Waals surface area (Å²) in [7, 11) is 3.73. The van der Waals surface area contributed by atoms with E-state index in [1.54, 1.807) is 7.11 Å². The predicted octanol–water partition coefficient (Wildman–Crippen LogP) is 2.45. The zero-order valence-electron chi connectivity index (χ0n) is 12.1. The van der Waals surface area contributed by atoms with Crippen molar-refractivity contribution in [2.75, 3.05) is 14.2 Å². The molecule has 1 heterocycles. The molecular formula is C15H24N2O2. The van der Waals surface area contributed by atoms with Crippen molar-refractivity contribution in [3.63, 3.8) is 0 Å². The third-order valence-corrected chi connectivity index (χ3v) is 3.57. The summed E-state index contributed by atoms with van der Waals surface area (Å²) in [6.45, 7) is 2.84. The van der Waals surface area contributed by atoms with Crippen molar-refractivity contribution in [1.29, 1.82) is 0 Å². The summed E-state index contributed by atoms with van der Waals surface area (Å²) in [5.74, 6) is 0.743. The third-order valence-electron chi connectivity index (χ3n) is 3.57. The summed E-state index contributed by atoms with van der Waals surface area (Å²) in [6, 6.07) is 4.11. The molecule has 1 aliphatic carbocycles. The lowest BCUT2D eigenvalue weighted by Gasteiger charge is -2.28. The van der Waals surface area contributed by atoms with E-state index in [9.17, 15) is 0 Å². The van der Waals surface area contributed by atoms with E-state index in [0.29, 0.717) is 6.10 Å². The molecule has 4 nitrogen and oxygen atoms in total. The molecule has 0 aliphatic heterocycles. The minimum absolute atomic E-state index is 0.232. The number of ether oxygens (including phenoxy) is 2. The Morgan fingerprint density at radius 3 is 2.84 bits per heavy atom. The van der Waals surface area contributed by atoms with E-state index >= 15 is 0 Å². The van der Waals surface area contributed by atoms with Crippen LogP contribution in [-0.4, -0.2) is 31.3 Å². The molecule has 0 aromatic carbocycles. The van der Waals surface area contributed by atoms with E-state index in [1.807, 2.05) is 20.0 Å². The van der Waals surface area contributed by atoms with Crippen LogP contribution in [0.1, 0.15) is 36.9 Å². The maximum Gasteiger partial charge on any atom is 0.214 e. The van der Waals surface area contributed by atoms with Gasteiger partial charge in [0, 0.05) is 31.8 Å². The predicted molar refractivity (Wildman–Crippen MR) is 75.4 cm³/mol. The zero-order valence-corrected chi connectivity index (χ0v) is 12.1. The monoisotopic (exact) mass is 264 g/mol. The van der Waals surface area contributed by atoms with Crippen LogP contribution < -0.4 is 10.1 Å². The molecule has 0 spiro atoms.